The number of hydroxylamine groups is 1. The van der Waals surface area contributed by atoms with Crippen LogP contribution in [0, 0.1) is 0 Å². The van der Waals surface area contributed by atoms with E-state index in [0.29, 0.717) is 12.6 Å². The van der Waals surface area contributed by atoms with Crippen molar-refractivity contribution in [2.24, 2.45) is 0 Å². The number of carboxylic acid groups (broad SMARTS) is 1. The summed E-state index contributed by atoms with van der Waals surface area (Å²) >= 11 is 0. The molecule has 1 fully saturated rings. The van der Waals surface area contributed by atoms with Crippen molar-refractivity contribution < 1.29 is 14.7 Å². The van der Waals surface area contributed by atoms with Crippen LogP contribution < -0.4 is 5.48 Å². The average molecular weight is 263 g/mol. The number of hydrogen-bond donors (Lipinski definition) is 2. The van der Waals surface area contributed by atoms with Gasteiger partial charge in [0.25, 0.3) is 0 Å². The van der Waals surface area contributed by atoms with Gasteiger partial charge in [-0.3, -0.25) is 9.63 Å². The summed E-state index contributed by atoms with van der Waals surface area (Å²) in [5, 5.41) is 8.94. The third-order valence-corrected chi connectivity index (χ3v) is 3.68. The summed E-state index contributed by atoms with van der Waals surface area (Å²) in [7, 11) is 0. The van der Waals surface area contributed by atoms with Gasteiger partial charge in [0.05, 0.1) is 12.0 Å². The number of rotatable bonds is 6. The molecule has 0 amide bonds. The molecule has 19 heavy (non-hydrogen) atoms. The highest BCUT2D eigenvalue weighted by molar-refractivity contribution is 5.75. The van der Waals surface area contributed by atoms with E-state index in [-0.39, 0.29) is 0 Å². The van der Waals surface area contributed by atoms with Crippen molar-refractivity contribution in [3.05, 3.63) is 35.4 Å². The maximum absolute atomic E-state index is 10.9. The van der Waals surface area contributed by atoms with Crippen LogP contribution in [0.2, 0.25) is 0 Å². The van der Waals surface area contributed by atoms with Gasteiger partial charge < -0.3 is 5.11 Å². The molecule has 1 unspecified atom stereocenters. The fourth-order valence-electron chi connectivity index (χ4n) is 2.32. The van der Waals surface area contributed by atoms with Crippen LogP contribution in [0.3, 0.4) is 0 Å². The minimum Gasteiger partial charge on any atom is -0.481 e. The third kappa shape index (κ3) is 4.04. The topological polar surface area (TPSA) is 58.6 Å². The molecule has 1 aromatic carbocycles. The van der Waals surface area contributed by atoms with Crippen LogP contribution in [0.25, 0.3) is 0 Å². The Kier molecular flexibility index (Phi) is 4.93. The zero-order chi connectivity index (χ0) is 13.7. The summed E-state index contributed by atoms with van der Waals surface area (Å²) in [6.07, 6.45) is 5.15. The zero-order valence-corrected chi connectivity index (χ0v) is 11.3. The van der Waals surface area contributed by atoms with Gasteiger partial charge in [0.1, 0.15) is 0 Å². The first-order valence-corrected chi connectivity index (χ1v) is 6.87. The molecule has 1 atom stereocenters. The number of carboxylic acids is 1. The molecule has 0 aromatic heterocycles. The van der Waals surface area contributed by atoms with Gasteiger partial charge in [-0.15, -0.1) is 0 Å². The van der Waals surface area contributed by atoms with Crippen molar-refractivity contribution in [3.8, 4) is 0 Å². The van der Waals surface area contributed by atoms with Gasteiger partial charge in [0.15, 0.2) is 0 Å². The number of benzene rings is 1. The normalized spacial score (nSPS) is 17.5. The van der Waals surface area contributed by atoms with Crippen LogP contribution in [0.5, 0.6) is 0 Å². The molecule has 1 aromatic rings. The Labute approximate surface area is 113 Å². The van der Waals surface area contributed by atoms with Crippen molar-refractivity contribution in [2.45, 2.75) is 51.2 Å². The first-order chi connectivity index (χ1) is 9.16. The molecular formula is C15H21NO3. The van der Waals surface area contributed by atoms with Gasteiger partial charge in [-0.05, 0) is 30.9 Å². The molecule has 2 rings (SSSR count). The van der Waals surface area contributed by atoms with E-state index in [2.05, 4.69) is 5.48 Å². The Balaban J connectivity index is 1.79. The molecule has 0 saturated heterocycles. The van der Waals surface area contributed by atoms with Gasteiger partial charge in [-0.25, -0.2) is 0 Å². The van der Waals surface area contributed by atoms with Crippen molar-refractivity contribution in [1.82, 2.24) is 5.48 Å². The maximum atomic E-state index is 10.9. The van der Waals surface area contributed by atoms with Gasteiger partial charge in [0.2, 0.25) is 0 Å². The van der Waals surface area contributed by atoms with Gasteiger partial charge in [-0.2, -0.15) is 5.48 Å². The van der Waals surface area contributed by atoms with Crippen LogP contribution in [0.4, 0.5) is 0 Å². The van der Waals surface area contributed by atoms with Crippen molar-refractivity contribution >= 4 is 5.97 Å². The third-order valence-electron chi connectivity index (χ3n) is 3.68. The highest BCUT2D eigenvalue weighted by Crippen LogP contribution is 2.20. The van der Waals surface area contributed by atoms with Gasteiger partial charge in [0, 0.05) is 6.54 Å². The van der Waals surface area contributed by atoms with Crippen LogP contribution in [0.15, 0.2) is 24.3 Å². The first-order valence-electron chi connectivity index (χ1n) is 6.87. The molecule has 0 heterocycles. The lowest BCUT2D eigenvalue weighted by Crippen LogP contribution is -2.21. The average Bonchev–Trinajstić information content (AvgIpc) is 2.92. The van der Waals surface area contributed by atoms with Crippen LogP contribution in [0.1, 0.15) is 49.7 Å². The number of aliphatic carboxylic acids is 1. The summed E-state index contributed by atoms with van der Waals surface area (Å²) in [4.78, 5) is 16.5. The molecule has 0 spiro atoms. The Morgan fingerprint density at radius 3 is 2.58 bits per heavy atom. The predicted octanol–water partition coefficient (Wildman–Crippen LogP) is 2.84. The van der Waals surface area contributed by atoms with Crippen molar-refractivity contribution in [1.29, 1.82) is 0 Å². The first kappa shape index (κ1) is 14.0. The molecule has 1 saturated carbocycles. The molecule has 0 radical (unpaired) electrons. The lowest BCUT2D eigenvalue weighted by atomic mass is 10.0. The Morgan fingerprint density at radius 2 is 2.00 bits per heavy atom. The van der Waals surface area contributed by atoms with Gasteiger partial charge in [-0.1, -0.05) is 37.1 Å². The van der Waals surface area contributed by atoms with E-state index in [1.807, 2.05) is 24.3 Å². The van der Waals surface area contributed by atoms with Crippen molar-refractivity contribution in [3.63, 3.8) is 0 Å². The lowest BCUT2D eigenvalue weighted by Gasteiger charge is -2.12. The second-order valence-electron chi connectivity index (χ2n) is 5.15. The smallest absolute Gasteiger partial charge is 0.310 e. The summed E-state index contributed by atoms with van der Waals surface area (Å²) in [5.74, 6) is -1.26. The summed E-state index contributed by atoms with van der Waals surface area (Å²) in [6.45, 7) is 2.34. The second-order valence-corrected chi connectivity index (χ2v) is 5.15. The van der Waals surface area contributed by atoms with E-state index >= 15 is 0 Å². The number of hydrogen-bond acceptors (Lipinski definition) is 3. The maximum Gasteiger partial charge on any atom is 0.310 e. The highest BCUT2D eigenvalue weighted by atomic mass is 16.7. The van der Waals surface area contributed by atoms with E-state index in [0.717, 1.165) is 24.0 Å². The van der Waals surface area contributed by atoms with Crippen LogP contribution in [-0.2, 0) is 16.2 Å². The number of nitrogens with one attached hydrogen (secondary N) is 1. The van der Waals surface area contributed by atoms with E-state index in [9.17, 15) is 4.79 Å². The molecule has 104 valence electrons. The monoisotopic (exact) mass is 263 g/mol. The SMILES string of the molecule is CC(C(=O)O)c1ccc(CNOC2CCCC2)cc1. The van der Waals surface area contributed by atoms with E-state index in [1.165, 1.54) is 12.8 Å². The van der Waals surface area contributed by atoms with E-state index < -0.39 is 11.9 Å². The zero-order valence-electron chi connectivity index (χ0n) is 11.3. The second kappa shape index (κ2) is 6.68. The van der Waals surface area contributed by atoms with Crippen LogP contribution in [-0.4, -0.2) is 17.2 Å². The predicted molar refractivity (Wildman–Crippen MR) is 72.7 cm³/mol. The van der Waals surface area contributed by atoms with E-state index in [4.69, 9.17) is 9.94 Å². The van der Waals surface area contributed by atoms with Crippen molar-refractivity contribution in [2.75, 3.05) is 0 Å². The standard InChI is InChI=1S/C15H21NO3/c1-11(15(17)18)13-8-6-12(7-9-13)10-16-19-14-4-2-3-5-14/h6-9,11,14,16H,2-5,10H2,1H3,(H,17,18). The number of carbonyl (C=O) groups is 1. The molecule has 0 aliphatic heterocycles. The summed E-state index contributed by atoms with van der Waals surface area (Å²) in [5.41, 5.74) is 4.92. The highest BCUT2D eigenvalue weighted by Gasteiger charge is 2.15. The Bertz CT molecular complexity index is 410. The Morgan fingerprint density at radius 1 is 1.37 bits per heavy atom. The molecule has 1 aliphatic rings. The molecule has 4 nitrogen and oxygen atoms in total. The quantitative estimate of drug-likeness (QED) is 0.775. The molecule has 0 bridgehead atoms. The molecule has 2 N–H and O–H groups in total. The van der Waals surface area contributed by atoms with E-state index in [1.54, 1.807) is 6.92 Å². The lowest BCUT2D eigenvalue weighted by molar-refractivity contribution is -0.138. The van der Waals surface area contributed by atoms with Crippen LogP contribution >= 0.6 is 0 Å². The minimum absolute atomic E-state index is 0.353. The minimum atomic E-state index is -0.796. The fraction of sp³-hybridized carbons (Fsp3) is 0.533. The summed E-state index contributed by atoms with van der Waals surface area (Å²) < 4.78 is 0. The molecule has 1 aliphatic carbocycles. The molecular weight excluding hydrogens is 242 g/mol. The van der Waals surface area contributed by atoms with Gasteiger partial charge >= 0.3 is 5.97 Å². The Hall–Kier alpha value is -1.39. The fourth-order valence-corrected chi connectivity index (χ4v) is 2.32. The molecule has 4 heteroatoms. The summed E-state index contributed by atoms with van der Waals surface area (Å²) in [6, 6.07) is 7.62. The largest absolute Gasteiger partial charge is 0.481 e.